The molecule has 0 aliphatic heterocycles. The monoisotopic (exact) mass is 356 g/mol. The number of amides is 1. The Kier molecular flexibility index (Phi) is 5.01. The molecule has 0 unspecified atom stereocenters. The molecule has 4 nitrogen and oxygen atoms in total. The minimum atomic E-state index is -0.101. The molecular weight excluding hydrogens is 340 g/mol. The van der Waals surface area contributed by atoms with Crippen LogP contribution in [0, 0.1) is 0 Å². The van der Waals surface area contributed by atoms with Gasteiger partial charge >= 0.3 is 0 Å². The molecule has 0 saturated heterocycles. The highest BCUT2D eigenvalue weighted by atomic mass is 79.9. The summed E-state index contributed by atoms with van der Waals surface area (Å²) in [4.78, 5) is 14.7. The van der Waals surface area contributed by atoms with Crippen molar-refractivity contribution in [1.29, 1.82) is 0 Å². The minimum absolute atomic E-state index is 0.0396. The Labute approximate surface area is 130 Å². The lowest BCUT2D eigenvalue weighted by Crippen LogP contribution is -2.34. The molecule has 0 saturated carbocycles. The fraction of sp³-hybridized carbons (Fsp3) is 0.357. The van der Waals surface area contributed by atoms with Gasteiger partial charge < -0.3 is 15.7 Å². The topological polar surface area (TPSA) is 66.6 Å². The summed E-state index contributed by atoms with van der Waals surface area (Å²) in [5, 5.41) is 9.98. The molecule has 0 bridgehead atoms. The Balaban J connectivity index is 2.40. The van der Waals surface area contributed by atoms with Gasteiger partial charge in [-0.2, -0.15) is 0 Å². The van der Waals surface area contributed by atoms with Gasteiger partial charge in [0.05, 0.1) is 12.3 Å². The molecule has 1 amide bonds. The van der Waals surface area contributed by atoms with Crippen molar-refractivity contribution in [2.75, 3.05) is 25.4 Å². The van der Waals surface area contributed by atoms with Crippen LogP contribution in [0.15, 0.2) is 22.7 Å². The molecule has 0 radical (unpaired) electrons. The highest BCUT2D eigenvalue weighted by molar-refractivity contribution is 9.10. The smallest absolute Gasteiger partial charge is 0.266 e. The van der Waals surface area contributed by atoms with Gasteiger partial charge in [0.25, 0.3) is 5.91 Å². The van der Waals surface area contributed by atoms with Crippen LogP contribution >= 0.6 is 27.3 Å². The van der Waals surface area contributed by atoms with Crippen LogP contribution in [0.25, 0.3) is 10.1 Å². The van der Waals surface area contributed by atoms with Gasteiger partial charge in [-0.25, -0.2) is 0 Å². The van der Waals surface area contributed by atoms with Gasteiger partial charge in [0.2, 0.25) is 0 Å². The largest absolute Gasteiger partial charge is 0.397 e. The fourth-order valence-corrected chi connectivity index (χ4v) is 3.74. The van der Waals surface area contributed by atoms with Crippen LogP contribution in [0.4, 0.5) is 5.69 Å². The molecule has 108 valence electrons. The second-order valence-corrected chi connectivity index (χ2v) is 6.47. The maximum absolute atomic E-state index is 12.5. The van der Waals surface area contributed by atoms with E-state index in [4.69, 9.17) is 10.8 Å². The molecule has 20 heavy (non-hydrogen) atoms. The summed E-state index contributed by atoms with van der Waals surface area (Å²) in [6, 6.07) is 5.79. The number of fused-ring (bicyclic) bond motifs is 1. The SMILES string of the molecule is CCCN(CCO)C(=O)c1sc2cc(Br)ccc2c1N. The molecule has 2 rings (SSSR count). The Hall–Kier alpha value is -1.11. The number of aliphatic hydroxyl groups excluding tert-OH is 1. The number of hydrogen-bond acceptors (Lipinski definition) is 4. The van der Waals surface area contributed by atoms with E-state index in [0.29, 0.717) is 23.7 Å². The third kappa shape index (κ3) is 2.97. The molecule has 6 heteroatoms. The summed E-state index contributed by atoms with van der Waals surface area (Å²) in [6.07, 6.45) is 0.849. The van der Waals surface area contributed by atoms with E-state index in [1.807, 2.05) is 25.1 Å². The predicted molar refractivity (Wildman–Crippen MR) is 87.2 cm³/mol. The average molecular weight is 357 g/mol. The molecule has 0 fully saturated rings. The highest BCUT2D eigenvalue weighted by Gasteiger charge is 2.21. The summed E-state index contributed by atoms with van der Waals surface area (Å²) >= 11 is 4.82. The van der Waals surface area contributed by atoms with Crippen LogP contribution in [0.3, 0.4) is 0 Å². The summed E-state index contributed by atoms with van der Waals surface area (Å²) in [6.45, 7) is 2.92. The summed E-state index contributed by atoms with van der Waals surface area (Å²) in [5.41, 5.74) is 6.63. The number of carbonyl (C=O) groups is 1. The number of hydrogen-bond donors (Lipinski definition) is 2. The number of halogens is 1. The van der Waals surface area contributed by atoms with Gasteiger partial charge in [-0.15, -0.1) is 11.3 Å². The predicted octanol–water partition coefficient (Wildman–Crippen LogP) is 3.09. The minimum Gasteiger partial charge on any atom is -0.397 e. The van der Waals surface area contributed by atoms with Crippen molar-refractivity contribution in [3.05, 3.63) is 27.5 Å². The number of thiophene rings is 1. The number of benzene rings is 1. The van der Waals surface area contributed by atoms with Crippen LogP contribution in [0.1, 0.15) is 23.0 Å². The first kappa shape index (κ1) is 15.3. The number of carbonyl (C=O) groups excluding carboxylic acids is 1. The molecule has 2 aromatic rings. The molecule has 0 aliphatic carbocycles. The van der Waals surface area contributed by atoms with E-state index in [0.717, 1.165) is 21.0 Å². The van der Waals surface area contributed by atoms with E-state index in [2.05, 4.69) is 15.9 Å². The lowest BCUT2D eigenvalue weighted by Gasteiger charge is -2.20. The van der Waals surface area contributed by atoms with Crippen LogP contribution in [0.5, 0.6) is 0 Å². The third-order valence-electron chi connectivity index (χ3n) is 3.04. The molecule has 1 aromatic heterocycles. The summed E-state index contributed by atoms with van der Waals surface area (Å²) < 4.78 is 1.95. The third-order valence-corrected chi connectivity index (χ3v) is 4.68. The van der Waals surface area contributed by atoms with Gasteiger partial charge in [-0.3, -0.25) is 4.79 Å². The molecule has 1 aromatic carbocycles. The Morgan fingerprint density at radius 3 is 2.85 bits per heavy atom. The lowest BCUT2D eigenvalue weighted by atomic mass is 10.2. The number of nitrogen functional groups attached to an aromatic ring is 1. The van der Waals surface area contributed by atoms with Gasteiger partial charge in [-0.1, -0.05) is 28.9 Å². The van der Waals surface area contributed by atoms with Crippen molar-refractivity contribution in [2.45, 2.75) is 13.3 Å². The molecule has 1 heterocycles. The van der Waals surface area contributed by atoms with Gasteiger partial charge in [0.1, 0.15) is 4.88 Å². The van der Waals surface area contributed by atoms with Gasteiger partial charge in [0, 0.05) is 27.6 Å². The van der Waals surface area contributed by atoms with E-state index in [1.165, 1.54) is 11.3 Å². The van der Waals surface area contributed by atoms with Crippen molar-refractivity contribution < 1.29 is 9.90 Å². The first-order valence-corrected chi connectivity index (χ1v) is 8.07. The van der Waals surface area contributed by atoms with Crippen molar-refractivity contribution in [2.24, 2.45) is 0 Å². The molecule has 0 spiro atoms. The maximum atomic E-state index is 12.5. The zero-order valence-electron chi connectivity index (χ0n) is 11.2. The van der Waals surface area contributed by atoms with Crippen LogP contribution in [0.2, 0.25) is 0 Å². The number of nitrogens with zero attached hydrogens (tertiary/aromatic N) is 1. The molecule has 3 N–H and O–H groups in total. The number of nitrogens with two attached hydrogens (primary N) is 1. The van der Waals surface area contributed by atoms with Crippen molar-refractivity contribution in [3.8, 4) is 0 Å². The lowest BCUT2D eigenvalue weighted by molar-refractivity contribution is 0.0728. The van der Waals surface area contributed by atoms with Crippen molar-refractivity contribution in [3.63, 3.8) is 0 Å². The van der Waals surface area contributed by atoms with E-state index in [9.17, 15) is 4.79 Å². The zero-order valence-corrected chi connectivity index (χ0v) is 13.6. The van der Waals surface area contributed by atoms with E-state index in [1.54, 1.807) is 4.90 Å². The van der Waals surface area contributed by atoms with Crippen molar-refractivity contribution in [1.82, 2.24) is 4.90 Å². The quantitative estimate of drug-likeness (QED) is 0.864. The van der Waals surface area contributed by atoms with Gasteiger partial charge in [0.15, 0.2) is 0 Å². The van der Waals surface area contributed by atoms with E-state index in [-0.39, 0.29) is 12.5 Å². The van der Waals surface area contributed by atoms with Crippen molar-refractivity contribution >= 4 is 48.9 Å². The standard InChI is InChI=1S/C14H17BrN2O2S/c1-2-5-17(6-7-18)14(19)13-12(16)10-4-3-9(15)8-11(10)20-13/h3-4,8,18H,2,5-7,16H2,1H3. The Bertz CT molecular complexity index is 621. The van der Waals surface area contributed by atoms with Crippen LogP contribution < -0.4 is 5.73 Å². The fourth-order valence-electron chi connectivity index (χ4n) is 2.10. The first-order chi connectivity index (χ1) is 9.58. The second-order valence-electron chi connectivity index (χ2n) is 4.50. The molecule has 0 atom stereocenters. The van der Waals surface area contributed by atoms with Crippen LogP contribution in [-0.4, -0.2) is 35.6 Å². The first-order valence-electron chi connectivity index (χ1n) is 6.46. The molecule has 0 aliphatic rings. The normalized spacial score (nSPS) is 10.9. The number of anilines is 1. The summed E-state index contributed by atoms with van der Waals surface area (Å²) in [5.74, 6) is -0.101. The number of aliphatic hydroxyl groups is 1. The maximum Gasteiger partial charge on any atom is 0.266 e. The second kappa shape index (κ2) is 6.56. The van der Waals surface area contributed by atoms with E-state index >= 15 is 0 Å². The average Bonchev–Trinajstić information content (AvgIpc) is 2.74. The Morgan fingerprint density at radius 2 is 2.20 bits per heavy atom. The van der Waals surface area contributed by atoms with Gasteiger partial charge in [-0.05, 0) is 18.6 Å². The zero-order chi connectivity index (χ0) is 14.7. The highest BCUT2D eigenvalue weighted by Crippen LogP contribution is 2.35. The Morgan fingerprint density at radius 1 is 1.45 bits per heavy atom. The number of rotatable bonds is 5. The van der Waals surface area contributed by atoms with E-state index < -0.39 is 0 Å². The van der Waals surface area contributed by atoms with Crippen LogP contribution in [-0.2, 0) is 0 Å². The summed E-state index contributed by atoms with van der Waals surface area (Å²) in [7, 11) is 0. The molecular formula is C14H17BrN2O2S.